The number of hydrogen-bond donors (Lipinski definition) is 2. The lowest BCUT2D eigenvalue weighted by Crippen LogP contribution is -2.21. The average Bonchev–Trinajstić information content (AvgIpc) is 2.60. The molecule has 2 aromatic rings. The molecule has 0 atom stereocenters. The summed E-state index contributed by atoms with van der Waals surface area (Å²) < 4.78 is 10.2. The van der Waals surface area contributed by atoms with E-state index in [2.05, 4.69) is 10.6 Å². The van der Waals surface area contributed by atoms with Gasteiger partial charge in [-0.05, 0) is 42.0 Å². The van der Waals surface area contributed by atoms with Crippen LogP contribution in [0.15, 0.2) is 48.5 Å². The van der Waals surface area contributed by atoms with Crippen LogP contribution >= 0.6 is 0 Å². The highest BCUT2D eigenvalue weighted by atomic mass is 16.5. The minimum Gasteiger partial charge on any atom is -0.497 e. The van der Waals surface area contributed by atoms with E-state index in [1.54, 1.807) is 14.2 Å². The topological polar surface area (TPSA) is 59.6 Å². The van der Waals surface area contributed by atoms with Crippen molar-refractivity contribution in [3.63, 3.8) is 0 Å². The van der Waals surface area contributed by atoms with Crippen LogP contribution in [0.5, 0.6) is 11.5 Å². The predicted octanol–water partition coefficient (Wildman–Crippen LogP) is 2.82. The van der Waals surface area contributed by atoms with Gasteiger partial charge in [-0.15, -0.1) is 0 Å². The monoisotopic (exact) mass is 314 g/mol. The molecule has 0 spiro atoms. The van der Waals surface area contributed by atoms with Crippen LogP contribution in [0.1, 0.15) is 12.0 Å². The van der Waals surface area contributed by atoms with E-state index >= 15 is 0 Å². The minimum absolute atomic E-state index is 0.0163. The van der Waals surface area contributed by atoms with Gasteiger partial charge in [0.05, 0.1) is 14.2 Å². The van der Waals surface area contributed by atoms with Crippen LogP contribution in [-0.4, -0.2) is 26.7 Å². The second-order valence-corrected chi connectivity index (χ2v) is 5.05. The molecule has 0 saturated carbocycles. The fourth-order valence-electron chi connectivity index (χ4n) is 2.08. The molecule has 0 heterocycles. The number of anilines is 1. The van der Waals surface area contributed by atoms with Crippen LogP contribution in [0.3, 0.4) is 0 Å². The quantitative estimate of drug-likeness (QED) is 0.736. The van der Waals surface area contributed by atoms with E-state index in [9.17, 15) is 4.79 Å². The molecule has 2 aromatic carbocycles. The predicted molar refractivity (Wildman–Crippen MR) is 90.9 cm³/mol. The van der Waals surface area contributed by atoms with Gasteiger partial charge in [-0.25, -0.2) is 0 Å². The summed E-state index contributed by atoms with van der Waals surface area (Å²) in [5, 5.41) is 6.11. The van der Waals surface area contributed by atoms with Crippen molar-refractivity contribution in [1.29, 1.82) is 0 Å². The molecule has 1 amide bonds. The molecular formula is C18H22N2O3. The lowest BCUT2D eigenvalue weighted by Gasteiger charge is -2.08. The summed E-state index contributed by atoms with van der Waals surface area (Å²) in [6, 6.07) is 15.1. The highest BCUT2D eigenvalue weighted by molar-refractivity contribution is 5.90. The van der Waals surface area contributed by atoms with Gasteiger partial charge < -0.3 is 20.1 Å². The van der Waals surface area contributed by atoms with Gasteiger partial charge in [0, 0.05) is 25.2 Å². The third-order valence-electron chi connectivity index (χ3n) is 3.39. The number of nitrogens with one attached hydrogen (secondary N) is 2. The molecule has 5 nitrogen and oxygen atoms in total. The maximum Gasteiger partial charge on any atom is 0.225 e. The Balaban J connectivity index is 1.67. The third kappa shape index (κ3) is 5.64. The molecular weight excluding hydrogens is 292 g/mol. The summed E-state index contributed by atoms with van der Waals surface area (Å²) in [4.78, 5) is 11.9. The van der Waals surface area contributed by atoms with Gasteiger partial charge in [0.25, 0.3) is 0 Å². The van der Waals surface area contributed by atoms with E-state index in [1.807, 2.05) is 48.5 Å². The van der Waals surface area contributed by atoms with Crippen LogP contribution in [-0.2, 0) is 11.3 Å². The number of hydrogen-bond acceptors (Lipinski definition) is 4. The largest absolute Gasteiger partial charge is 0.497 e. The first kappa shape index (κ1) is 16.8. The molecule has 2 N–H and O–H groups in total. The van der Waals surface area contributed by atoms with E-state index in [0.29, 0.717) is 13.0 Å². The molecule has 2 rings (SSSR count). The standard InChI is InChI=1S/C18H22N2O3/c1-22-16-7-3-14(4-8-16)13-19-12-11-18(21)20-15-5-9-17(23-2)10-6-15/h3-10,19H,11-13H2,1-2H3,(H,20,21). The zero-order valence-corrected chi connectivity index (χ0v) is 13.5. The van der Waals surface area contributed by atoms with Crippen LogP contribution in [0.25, 0.3) is 0 Å². The minimum atomic E-state index is -0.0163. The molecule has 0 fully saturated rings. The van der Waals surface area contributed by atoms with Gasteiger partial charge in [-0.2, -0.15) is 0 Å². The van der Waals surface area contributed by atoms with Crippen LogP contribution in [0.2, 0.25) is 0 Å². The maximum absolute atomic E-state index is 11.9. The lowest BCUT2D eigenvalue weighted by atomic mass is 10.2. The van der Waals surface area contributed by atoms with Gasteiger partial charge in [-0.1, -0.05) is 12.1 Å². The second-order valence-electron chi connectivity index (χ2n) is 5.05. The van der Waals surface area contributed by atoms with Gasteiger partial charge in [0.1, 0.15) is 11.5 Å². The van der Waals surface area contributed by atoms with Crippen molar-refractivity contribution in [1.82, 2.24) is 5.32 Å². The summed E-state index contributed by atoms with van der Waals surface area (Å²) in [6.45, 7) is 1.34. The van der Waals surface area contributed by atoms with Crippen molar-refractivity contribution < 1.29 is 14.3 Å². The SMILES string of the molecule is COc1ccc(CNCCC(=O)Nc2ccc(OC)cc2)cc1. The number of carbonyl (C=O) groups excluding carboxylic acids is 1. The number of rotatable bonds is 8. The fraction of sp³-hybridized carbons (Fsp3) is 0.278. The van der Waals surface area contributed by atoms with Crippen molar-refractivity contribution in [2.45, 2.75) is 13.0 Å². The fourth-order valence-corrected chi connectivity index (χ4v) is 2.08. The molecule has 0 aliphatic rings. The molecule has 122 valence electrons. The van der Waals surface area contributed by atoms with E-state index < -0.39 is 0 Å². The summed E-state index contributed by atoms with van der Waals surface area (Å²) in [5.74, 6) is 1.59. The van der Waals surface area contributed by atoms with Crippen LogP contribution < -0.4 is 20.1 Å². The van der Waals surface area contributed by atoms with E-state index in [0.717, 1.165) is 29.3 Å². The highest BCUT2D eigenvalue weighted by Crippen LogP contribution is 2.15. The molecule has 0 aliphatic heterocycles. The molecule has 0 bridgehead atoms. The van der Waals surface area contributed by atoms with E-state index in [4.69, 9.17) is 9.47 Å². The Morgan fingerprint density at radius 2 is 1.48 bits per heavy atom. The van der Waals surface area contributed by atoms with Gasteiger partial charge in [-0.3, -0.25) is 4.79 Å². The van der Waals surface area contributed by atoms with Crippen LogP contribution in [0.4, 0.5) is 5.69 Å². The Hall–Kier alpha value is -2.53. The Labute approximate surface area is 136 Å². The Kier molecular flexibility index (Phi) is 6.44. The van der Waals surface area contributed by atoms with Crippen LogP contribution in [0, 0.1) is 0 Å². The smallest absolute Gasteiger partial charge is 0.225 e. The van der Waals surface area contributed by atoms with Gasteiger partial charge >= 0.3 is 0 Å². The van der Waals surface area contributed by atoms with Crippen molar-refractivity contribution >= 4 is 11.6 Å². The maximum atomic E-state index is 11.9. The molecule has 5 heteroatoms. The number of carbonyl (C=O) groups is 1. The lowest BCUT2D eigenvalue weighted by molar-refractivity contribution is -0.116. The number of benzene rings is 2. The molecule has 23 heavy (non-hydrogen) atoms. The number of methoxy groups -OCH3 is 2. The van der Waals surface area contributed by atoms with Gasteiger partial charge in [0.15, 0.2) is 0 Å². The van der Waals surface area contributed by atoms with Crippen molar-refractivity contribution in [3.05, 3.63) is 54.1 Å². The van der Waals surface area contributed by atoms with Crippen molar-refractivity contribution in [3.8, 4) is 11.5 Å². The molecule has 0 aliphatic carbocycles. The Morgan fingerprint density at radius 1 is 0.913 bits per heavy atom. The molecule has 0 unspecified atom stereocenters. The first-order chi connectivity index (χ1) is 11.2. The molecule has 0 saturated heterocycles. The summed E-state index contributed by atoms with van der Waals surface area (Å²) in [6.07, 6.45) is 0.419. The molecule has 0 aromatic heterocycles. The third-order valence-corrected chi connectivity index (χ3v) is 3.39. The summed E-state index contributed by atoms with van der Waals surface area (Å²) in [5.41, 5.74) is 1.92. The normalized spacial score (nSPS) is 10.2. The van der Waals surface area contributed by atoms with Gasteiger partial charge in [0.2, 0.25) is 5.91 Å². The highest BCUT2D eigenvalue weighted by Gasteiger charge is 2.02. The van der Waals surface area contributed by atoms with Crippen molar-refractivity contribution in [2.75, 3.05) is 26.1 Å². The second kappa shape index (κ2) is 8.80. The summed E-state index contributed by atoms with van der Waals surface area (Å²) in [7, 11) is 3.26. The Morgan fingerprint density at radius 3 is 2.04 bits per heavy atom. The number of ether oxygens (including phenoxy) is 2. The first-order valence-corrected chi connectivity index (χ1v) is 7.49. The average molecular weight is 314 g/mol. The number of amides is 1. The zero-order chi connectivity index (χ0) is 16.5. The Bertz CT molecular complexity index is 609. The molecule has 0 radical (unpaired) electrons. The summed E-state index contributed by atoms with van der Waals surface area (Å²) >= 11 is 0. The zero-order valence-electron chi connectivity index (χ0n) is 13.5. The van der Waals surface area contributed by atoms with E-state index in [1.165, 1.54) is 0 Å². The van der Waals surface area contributed by atoms with Crippen molar-refractivity contribution in [2.24, 2.45) is 0 Å². The van der Waals surface area contributed by atoms with E-state index in [-0.39, 0.29) is 5.91 Å². The first-order valence-electron chi connectivity index (χ1n) is 7.49.